The normalized spacial score (nSPS) is 16.7. The van der Waals surface area contributed by atoms with Crippen LogP contribution in [0.25, 0.3) is 10.9 Å². The zero-order valence-corrected chi connectivity index (χ0v) is 11.8. The van der Waals surface area contributed by atoms with E-state index in [4.69, 9.17) is 0 Å². The number of aromatic nitrogens is 1. The van der Waals surface area contributed by atoms with Gasteiger partial charge in [-0.15, -0.1) is 0 Å². The van der Waals surface area contributed by atoms with Gasteiger partial charge in [-0.1, -0.05) is 32.0 Å². The molecule has 0 saturated carbocycles. The van der Waals surface area contributed by atoms with Crippen LogP contribution in [0.1, 0.15) is 19.4 Å². The molecule has 3 heteroatoms. The summed E-state index contributed by atoms with van der Waals surface area (Å²) in [5, 5.41) is 8.29. The molecule has 1 aliphatic heterocycles. The zero-order chi connectivity index (χ0) is 13.3. The van der Waals surface area contributed by atoms with Crippen LogP contribution >= 0.6 is 0 Å². The molecule has 1 saturated heterocycles. The molecule has 0 bridgehead atoms. The van der Waals surface area contributed by atoms with Crippen LogP contribution in [0, 0.1) is 5.92 Å². The van der Waals surface area contributed by atoms with Crippen molar-refractivity contribution in [3.63, 3.8) is 0 Å². The van der Waals surface area contributed by atoms with Crippen molar-refractivity contribution in [3.05, 3.63) is 36.0 Å². The molecule has 3 nitrogen and oxygen atoms in total. The molecule has 0 unspecified atom stereocenters. The number of nitrogens with one attached hydrogen (secondary N) is 3. The summed E-state index contributed by atoms with van der Waals surface area (Å²) in [4.78, 5) is 3.38. The van der Waals surface area contributed by atoms with E-state index in [1.165, 1.54) is 29.6 Å². The molecule has 0 radical (unpaired) electrons. The fraction of sp³-hybridized carbons (Fsp3) is 0.500. The van der Waals surface area contributed by atoms with Gasteiger partial charge in [0.15, 0.2) is 0 Å². The number of para-hydroxylation sites is 1. The van der Waals surface area contributed by atoms with Gasteiger partial charge >= 0.3 is 0 Å². The highest BCUT2D eigenvalue weighted by atomic mass is 15.0. The topological polar surface area (TPSA) is 39.8 Å². The van der Waals surface area contributed by atoms with Crippen LogP contribution in [-0.2, 0) is 5.41 Å². The van der Waals surface area contributed by atoms with Crippen molar-refractivity contribution in [2.24, 2.45) is 5.92 Å². The maximum absolute atomic E-state index is 3.63. The fourth-order valence-electron chi connectivity index (χ4n) is 2.81. The number of fused-ring (bicyclic) bond motifs is 1. The molecule has 0 amide bonds. The van der Waals surface area contributed by atoms with Crippen LogP contribution in [0.3, 0.4) is 0 Å². The van der Waals surface area contributed by atoms with Gasteiger partial charge in [0.1, 0.15) is 0 Å². The molecule has 1 aliphatic rings. The van der Waals surface area contributed by atoms with Gasteiger partial charge < -0.3 is 15.6 Å². The Kier molecular flexibility index (Phi) is 3.33. The third-order valence-electron chi connectivity index (χ3n) is 4.18. The first-order chi connectivity index (χ1) is 9.17. The Morgan fingerprint density at radius 2 is 2.05 bits per heavy atom. The minimum atomic E-state index is 0.150. The zero-order valence-electron chi connectivity index (χ0n) is 11.8. The summed E-state index contributed by atoms with van der Waals surface area (Å²) < 4.78 is 0. The molecule has 1 aromatic carbocycles. The van der Waals surface area contributed by atoms with Crippen LogP contribution < -0.4 is 10.6 Å². The van der Waals surface area contributed by atoms with E-state index in [2.05, 4.69) is 59.9 Å². The van der Waals surface area contributed by atoms with Crippen molar-refractivity contribution in [2.75, 3.05) is 26.2 Å². The van der Waals surface area contributed by atoms with Crippen molar-refractivity contribution in [3.8, 4) is 0 Å². The van der Waals surface area contributed by atoms with Crippen molar-refractivity contribution in [2.45, 2.75) is 19.3 Å². The van der Waals surface area contributed by atoms with E-state index in [0.29, 0.717) is 0 Å². The minimum Gasteiger partial charge on any atom is -0.361 e. The average Bonchev–Trinajstić information content (AvgIpc) is 2.77. The Hall–Kier alpha value is -1.32. The number of H-pyrrole nitrogens is 1. The summed E-state index contributed by atoms with van der Waals surface area (Å²) in [5.74, 6) is 0.818. The largest absolute Gasteiger partial charge is 0.361 e. The number of hydrogen-bond donors (Lipinski definition) is 3. The first-order valence-corrected chi connectivity index (χ1v) is 7.15. The Morgan fingerprint density at radius 3 is 2.79 bits per heavy atom. The van der Waals surface area contributed by atoms with Crippen LogP contribution in [0.2, 0.25) is 0 Å². The van der Waals surface area contributed by atoms with Crippen LogP contribution in [0.4, 0.5) is 0 Å². The maximum Gasteiger partial charge on any atom is 0.0457 e. The number of hydrogen-bond acceptors (Lipinski definition) is 2. The quantitative estimate of drug-likeness (QED) is 0.769. The third-order valence-corrected chi connectivity index (χ3v) is 4.18. The van der Waals surface area contributed by atoms with Gasteiger partial charge in [0.25, 0.3) is 0 Å². The first kappa shape index (κ1) is 12.7. The molecule has 1 aromatic heterocycles. The molecular weight excluding hydrogens is 234 g/mol. The SMILES string of the molecule is CC(C)(CNCC1CNC1)c1c[nH]c2ccccc12. The Bertz CT molecular complexity index is 552. The lowest BCUT2D eigenvalue weighted by Crippen LogP contribution is -2.48. The lowest BCUT2D eigenvalue weighted by Gasteiger charge is -2.30. The van der Waals surface area contributed by atoms with E-state index >= 15 is 0 Å². The molecule has 0 spiro atoms. The van der Waals surface area contributed by atoms with Gasteiger partial charge in [-0.25, -0.2) is 0 Å². The molecule has 1 fully saturated rings. The highest BCUT2D eigenvalue weighted by molar-refractivity contribution is 5.84. The standard InChI is InChI=1S/C16H23N3/c1-16(2,11-18-9-12-7-17-8-12)14-10-19-15-6-4-3-5-13(14)15/h3-6,10,12,17-19H,7-9,11H2,1-2H3. The Labute approximate surface area is 114 Å². The van der Waals surface area contributed by atoms with Crippen molar-refractivity contribution >= 4 is 10.9 Å². The van der Waals surface area contributed by atoms with Gasteiger partial charge in [0.05, 0.1) is 0 Å². The van der Waals surface area contributed by atoms with E-state index in [-0.39, 0.29) is 5.41 Å². The summed E-state index contributed by atoms with van der Waals surface area (Å²) in [6.45, 7) is 9.11. The molecule has 3 N–H and O–H groups in total. The molecule has 102 valence electrons. The lowest BCUT2D eigenvalue weighted by atomic mass is 9.84. The second-order valence-electron chi connectivity index (χ2n) is 6.29. The molecule has 2 aromatic rings. The van der Waals surface area contributed by atoms with Gasteiger partial charge in [0.2, 0.25) is 0 Å². The van der Waals surface area contributed by atoms with E-state index < -0.39 is 0 Å². The van der Waals surface area contributed by atoms with Crippen LogP contribution in [0.5, 0.6) is 0 Å². The lowest BCUT2D eigenvalue weighted by molar-refractivity contribution is 0.320. The number of rotatable bonds is 5. The summed E-state index contributed by atoms with van der Waals surface area (Å²) in [6, 6.07) is 8.54. The predicted molar refractivity (Wildman–Crippen MR) is 80.6 cm³/mol. The molecule has 0 aliphatic carbocycles. The minimum absolute atomic E-state index is 0.150. The smallest absolute Gasteiger partial charge is 0.0457 e. The van der Waals surface area contributed by atoms with Gasteiger partial charge in [0, 0.05) is 48.7 Å². The second-order valence-corrected chi connectivity index (χ2v) is 6.29. The van der Waals surface area contributed by atoms with Gasteiger partial charge in [-0.2, -0.15) is 0 Å². The monoisotopic (exact) mass is 257 g/mol. The number of benzene rings is 1. The average molecular weight is 257 g/mol. The Balaban J connectivity index is 1.71. The highest BCUT2D eigenvalue weighted by Crippen LogP contribution is 2.29. The fourth-order valence-corrected chi connectivity index (χ4v) is 2.81. The summed E-state index contributed by atoms with van der Waals surface area (Å²) in [7, 11) is 0. The van der Waals surface area contributed by atoms with Crippen molar-refractivity contribution in [1.29, 1.82) is 0 Å². The maximum atomic E-state index is 3.63. The summed E-state index contributed by atoms with van der Waals surface area (Å²) in [6.07, 6.45) is 2.16. The molecule has 3 rings (SSSR count). The highest BCUT2D eigenvalue weighted by Gasteiger charge is 2.24. The summed E-state index contributed by atoms with van der Waals surface area (Å²) >= 11 is 0. The van der Waals surface area contributed by atoms with Gasteiger partial charge in [-0.3, -0.25) is 0 Å². The van der Waals surface area contributed by atoms with Crippen LogP contribution in [-0.4, -0.2) is 31.2 Å². The van der Waals surface area contributed by atoms with E-state index in [9.17, 15) is 0 Å². The van der Waals surface area contributed by atoms with Crippen molar-refractivity contribution < 1.29 is 0 Å². The third kappa shape index (κ3) is 2.53. The molecule has 0 atom stereocenters. The number of aromatic amines is 1. The van der Waals surface area contributed by atoms with E-state index in [1.54, 1.807) is 0 Å². The molecule has 19 heavy (non-hydrogen) atoms. The molecule has 2 heterocycles. The van der Waals surface area contributed by atoms with Gasteiger partial charge in [-0.05, 0) is 17.5 Å². The summed E-state index contributed by atoms with van der Waals surface area (Å²) in [5.41, 5.74) is 2.78. The predicted octanol–water partition coefficient (Wildman–Crippen LogP) is 2.25. The second kappa shape index (κ2) is 4.99. The first-order valence-electron chi connectivity index (χ1n) is 7.15. The molecular formula is C16H23N3. The van der Waals surface area contributed by atoms with Crippen molar-refractivity contribution in [1.82, 2.24) is 15.6 Å². The Morgan fingerprint density at radius 1 is 1.26 bits per heavy atom. The van der Waals surface area contributed by atoms with E-state index in [0.717, 1.165) is 19.0 Å². The van der Waals surface area contributed by atoms with E-state index in [1.807, 2.05) is 0 Å². The van der Waals surface area contributed by atoms with Crippen LogP contribution in [0.15, 0.2) is 30.5 Å².